The van der Waals surface area contributed by atoms with Gasteiger partial charge in [-0.15, -0.1) is 0 Å². The summed E-state index contributed by atoms with van der Waals surface area (Å²) in [4.78, 5) is 0. The molecule has 0 spiro atoms. The third-order valence-corrected chi connectivity index (χ3v) is 0. The van der Waals surface area contributed by atoms with Crippen LogP contribution >= 0.6 is 0 Å². The second-order valence-electron chi connectivity index (χ2n) is 0. The fourth-order valence-corrected chi connectivity index (χ4v) is 0. The van der Waals surface area contributed by atoms with Crippen molar-refractivity contribution in [2.45, 2.75) is 0 Å². The minimum atomic E-state index is 0. The first-order valence-corrected chi connectivity index (χ1v) is 0. The molecule has 0 bridgehead atoms. The SMILES string of the molecule is O.O.O.O.O.[Cu]. The van der Waals surface area contributed by atoms with Crippen LogP contribution in [-0.2, 0) is 17.1 Å². The Labute approximate surface area is 45.4 Å². The molecule has 0 aliphatic heterocycles. The summed E-state index contributed by atoms with van der Waals surface area (Å²) in [5.74, 6) is 0. The zero-order valence-corrected chi connectivity index (χ0v) is 3.74. The molecule has 0 saturated heterocycles. The van der Waals surface area contributed by atoms with Crippen LogP contribution in [0.1, 0.15) is 0 Å². The van der Waals surface area contributed by atoms with Crippen molar-refractivity contribution in [1.29, 1.82) is 0 Å². The van der Waals surface area contributed by atoms with E-state index in [1.54, 1.807) is 0 Å². The monoisotopic (exact) mass is 153 g/mol. The summed E-state index contributed by atoms with van der Waals surface area (Å²) in [6.07, 6.45) is 0. The Morgan fingerprint density at radius 3 is 0.333 bits per heavy atom. The minimum absolute atomic E-state index is 0. The van der Waals surface area contributed by atoms with Gasteiger partial charge in [0, 0.05) is 17.1 Å². The maximum Gasteiger partial charge on any atom is 0 e. The van der Waals surface area contributed by atoms with Crippen LogP contribution in [-0.4, -0.2) is 27.4 Å². The van der Waals surface area contributed by atoms with Gasteiger partial charge in [0.25, 0.3) is 0 Å². The van der Waals surface area contributed by atoms with E-state index in [0.29, 0.717) is 0 Å². The maximum atomic E-state index is 0. The molecule has 0 aromatic heterocycles. The largest absolute Gasteiger partial charge is 0.412 e. The molecule has 0 aliphatic rings. The summed E-state index contributed by atoms with van der Waals surface area (Å²) < 4.78 is 0. The van der Waals surface area contributed by atoms with Crippen molar-refractivity contribution in [3.05, 3.63) is 0 Å². The summed E-state index contributed by atoms with van der Waals surface area (Å²) in [5, 5.41) is 0. The van der Waals surface area contributed by atoms with Gasteiger partial charge in [0.05, 0.1) is 0 Å². The predicted octanol–water partition coefficient (Wildman–Crippen LogP) is -4.13. The van der Waals surface area contributed by atoms with Gasteiger partial charge < -0.3 is 27.4 Å². The van der Waals surface area contributed by atoms with E-state index in [-0.39, 0.29) is 44.4 Å². The van der Waals surface area contributed by atoms with Crippen molar-refractivity contribution >= 4 is 0 Å². The summed E-state index contributed by atoms with van der Waals surface area (Å²) in [6, 6.07) is 0. The molecule has 51 valence electrons. The van der Waals surface area contributed by atoms with Crippen LogP contribution in [0.15, 0.2) is 0 Å². The van der Waals surface area contributed by atoms with Crippen molar-refractivity contribution in [3.63, 3.8) is 0 Å². The molecule has 0 fully saturated rings. The Morgan fingerprint density at radius 2 is 0.333 bits per heavy atom. The van der Waals surface area contributed by atoms with E-state index in [2.05, 4.69) is 0 Å². The zero-order valence-electron chi connectivity index (χ0n) is 2.80. The zero-order chi connectivity index (χ0) is 0. The summed E-state index contributed by atoms with van der Waals surface area (Å²) in [6.45, 7) is 0. The van der Waals surface area contributed by atoms with Crippen LogP contribution in [0.25, 0.3) is 0 Å². The van der Waals surface area contributed by atoms with E-state index in [4.69, 9.17) is 0 Å². The quantitative estimate of drug-likeness (QED) is 0.310. The van der Waals surface area contributed by atoms with Crippen LogP contribution in [0.3, 0.4) is 0 Å². The van der Waals surface area contributed by atoms with Crippen LogP contribution in [0, 0.1) is 0 Å². The third-order valence-electron chi connectivity index (χ3n) is 0. The number of hydrogen-bond donors (Lipinski definition) is 0. The molecule has 0 unspecified atom stereocenters. The second-order valence-corrected chi connectivity index (χ2v) is 0. The molecule has 0 saturated carbocycles. The van der Waals surface area contributed by atoms with Gasteiger partial charge >= 0.3 is 0 Å². The first-order valence-electron chi connectivity index (χ1n) is 0. The van der Waals surface area contributed by atoms with Gasteiger partial charge in [-0.2, -0.15) is 0 Å². The Hall–Kier alpha value is 0.319. The Morgan fingerprint density at radius 1 is 0.333 bits per heavy atom. The molecule has 0 amide bonds. The topological polar surface area (TPSA) is 158 Å². The molecule has 10 N–H and O–H groups in total. The van der Waals surface area contributed by atoms with Crippen molar-refractivity contribution in [2.75, 3.05) is 0 Å². The van der Waals surface area contributed by atoms with Gasteiger partial charge in [-0.05, 0) is 0 Å². The molecule has 0 aromatic rings. The molecule has 0 aliphatic carbocycles. The van der Waals surface area contributed by atoms with Gasteiger partial charge in [-0.1, -0.05) is 0 Å². The third kappa shape index (κ3) is 466. The van der Waals surface area contributed by atoms with Gasteiger partial charge in [-0.3, -0.25) is 0 Å². The summed E-state index contributed by atoms with van der Waals surface area (Å²) >= 11 is 0. The molecule has 6 heavy (non-hydrogen) atoms. The van der Waals surface area contributed by atoms with Crippen molar-refractivity contribution in [1.82, 2.24) is 0 Å². The molecular formula is H10CuO5. The average Bonchev–Trinajstić information content (AvgIpc) is 0. The molecule has 0 heterocycles. The molecule has 1 radical (unpaired) electrons. The van der Waals surface area contributed by atoms with Gasteiger partial charge in [-0.25, -0.2) is 0 Å². The first-order chi connectivity index (χ1) is 0. The fraction of sp³-hybridized carbons (Fsp3) is 0. The molecule has 5 nitrogen and oxygen atoms in total. The van der Waals surface area contributed by atoms with E-state index >= 15 is 0 Å². The van der Waals surface area contributed by atoms with Crippen LogP contribution in [0.2, 0.25) is 0 Å². The molecule has 0 atom stereocenters. The van der Waals surface area contributed by atoms with E-state index in [1.165, 1.54) is 0 Å². The first kappa shape index (κ1) is 1750. The molecule has 0 aromatic carbocycles. The van der Waals surface area contributed by atoms with Gasteiger partial charge in [0.15, 0.2) is 0 Å². The standard InChI is InChI=1S/Cu.5H2O/h;5*1H2. The van der Waals surface area contributed by atoms with E-state index in [1.807, 2.05) is 0 Å². The van der Waals surface area contributed by atoms with Crippen LogP contribution in [0.5, 0.6) is 0 Å². The van der Waals surface area contributed by atoms with Gasteiger partial charge in [0.2, 0.25) is 0 Å². The van der Waals surface area contributed by atoms with Gasteiger partial charge in [0.1, 0.15) is 0 Å². The fourth-order valence-electron chi connectivity index (χ4n) is 0. The average molecular weight is 154 g/mol. The van der Waals surface area contributed by atoms with Crippen LogP contribution < -0.4 is 0 Å². The second kappa shape index (κ2) is 972. The summed E-state index contributed by atoms with van der Waals surface area (Å²) in [7, 11) is 0. The minimum Gasteiger partial charge on any atom is -0.412 e. The predicted molar refractivity (Wildman–Crippen MR) is 18.1 cm³/mol. The molecule has 6 heteroatoms. The Kier molecular flexibility index (Phi) is 284000. The summed E-state index contributed by atoms with van der Waals surface area (Å²) in [5.41, 5.74) is 0. The van der Waals surface area contributed by atoms with E-state index < -0.39 is 0 Å². The Bertz CT molecular complexity index is 3.90. The van der Waals surface area contributed by atoms with Crippen molar-refractivity contribution in [3.8, 4) is 0 Å². The van der Waals surface area contributed by atoms with Crippen molar-refractivity contribution < 1.29 is 44.4 Å². The van der Waals surface area contributed by atoms with E-state index in [0.717, 1.165) is 0 Å². The van der Waals surface area contributed by atoms with Crippen molar-refractivity contribution in [2.24, 2.45) is 0 Å². The molecule has 0 rings (SSSR count). The molecular weight excluding hydrogens is 144 g/mol. The van der Waals surface area contributed by atoms with E-state index in [9.17, 15) is 0 Å². The smallest absolute Gasteiger partial charge is 0 e. The maximum absolute atomic E-state index is 0. The number of hydrogen-bond acceptors (Lipinski definition) is 0. The Balaban J connectivity index is 0. The number of rotatable bonds is 0. The normalized spacial score (nSPS) is 0. The van der Waals surface area contributed by atoms with Crippen LogP contribution in [0.4, 0.5) is 0 Å².